The minimum Gasteiger partial charge on any atom is -0.461 e. The van der Waals surface area contributed by atoms with E-state index < -0.39 is 29.2 Å². The summed E-state index contributed by atoms with van der Waals surface area (Å²) in [6, 6.07) is 5.27. The minimum atomic E-state index is -1.51. The molecule has 0 radical (unpaired) electrons. The van der Waals surface area contributed by atoms with Gasteiger partial charge in [-0.3, -0.25) is 14.4 Å². The number of hydrogen-bond acceptors (Lipinski definition) is 6. The van der Waals surface area contributed by atoms with Crippen LogP contribution in [0.25, 0.3) is 0 Å². The molecule has 1 saturated heterocycles. The Hall–Kier alpha value is -3.03. The standard InChI is InChI=1S/C19H21N3O5/c1-5-27-17(25)15-9-19(22(20-15)13(4)23)10-16(24)21(18(19)26)14-7-6-11(2)12(3)8-14/h6-8H,5,9-10H2,1-4H3. The number of carbonyl (C=O) groups is 4. The second-order valence-electron chi connectivity index (χ2n) is 6.79. The first kappa shape index (κ1) is 18.8. The molecule has 1 atom stereocenters. The molecule has 1 fully saturated rings. The zero-order chi connectivity index (χ0) is 19.9. The average Bonchev–Trinajstić information content (AvgIpc) is 3.10. The molecule has 0 aromatic heterocycles. The monoisotopic (exact) mass is 371 g/mol. The Kier molecular flexibility index (Phi) is 4.59. The van der Waals surface area contributed by atoms with E-state index in [1.165, 1.54) is 6.92 Å². The molecule has 2 aliphatic heterocycles. The summed E-state index contributed by atoms with van der Waals surface area (Å²) in [5.41, 5.74) is 0.872. The van der Waals surface area contributed by atoms with Crippen LogP contribution in [0.2, 0.25) is 0 Å². The van der Waals surface area contributed by atoms with E-state index >= 15 is 0 Å². The molecule has 1 aromatic carbocycles. The molecule has 8 nitrogen and oxygen atoms in total. The van der Waals surface area contributed by atoms with Gasteiger partial charge in [0.05, 0.1) is 18.7 Å². The Morgan fingerprint density at radius 3 is 2.48 bits per heavy atom. The van der Waals surface area contributed by atoms with Crippen LogP contribution in [0.5, 0.6) is 0 Å². The number of rotatable bonds is 3. The summed E-state index contributed by atoms with van der Waals surface area (Å²) in [7, 11) is 0. The van der Waals surface area contributed by atoms with Gasteiger partial charge in [-0.15, -0.1) is 0 Å². The van der Waals surface area contributed by atoms with Gasteiger partial charge in [-0.2, -0.15) is 5.10 Å². The number of carbonyl (C=O) groups excluding carboxylic acids is 4. The number of nitrogens with zero attached hydrogens (tertiary/aromatic N) is 3. The first-order valence-electron chi connectivity index (χ1n) is 8.71. The molecule has 1 aromatic rings. The zero-order valence-electron chi connectivity index (χ0n) is 15.7. The van der Waals surface area contributed by atoms with E-state index in [9.17, 15) is 19.2 Å². The zero-order valence-corrected chi connectivity index (χ0v) is 15.7. The van der Waals surface area contributed by atoms with Crippen molar-refractivity contribution in [2.75, 3.05) is 11.5 Å². The van der Waals surface area contributed by atoms with Crippen LogP contribution >= 0.6 is 0 Å². The molecule has 27 heavy (non-hydrogen) atoms. The van der Waals surface area contributed by atoms with Gasteiger partial charge < -0.3 is 4.74 Å². The Morgan fingerprint density at radius 2 is 1.89 bits per heavy atom. The third kappa shape index (κ3) is 2.90. The Bertz CT molecular complexity index is 891. The van der Waals surface area contributed by atoms with Crippen LogP contribution in [0.15, 0.2) is 23.3 Å². The summed E-state index contributed by atoms with van der Waals surface area (Å²) in [5, 5.41) is 4.97. The van der Waals surface area contributed by atoms with Crippen molar-refractivity contribution in [2.24, 2.45) is 5.10 Å². The second-order valence-corrected chi connectivity index (χ2v) is 6.79. The van der Waals surface area contributed by atoms with E-state index in [4.69, 9.17) is 4.74 Å². The highest BCUT2D eigenvalue weighted by molar-refractivity contribution is 6.39. The molecular formula is C19H21N3O5. The van der Waals surface area contributed by atoms with Gasteiger partial charge in [0.25, 0.3) is 5.91 Å². The van der Waals surface area contributed by atoms with Crippen LogP contribution in [0.4, 0.5) is 5.69 Å². The lowest BCUT2D eigenvalue weighted by molar-refractivity contribution is -0.141. The third-order valence-electron chi connectivity index (χ3n) is 4.94. The number of hydrazone groups is 1. The van der Waals surface area contributed by atoms with Crippen LogP contribution in [-0.2, 0) is 23.9 Å². The van der Waals surface area contributed by atoms with Crippen LogP contribution < -0.4 is 4.90 Å². The second kappa shape index (κ2) is 6.61. The molecule has 3 amide bonds. The van der Waals surface area contributed by atoms with Gasteiger partial charge in [-0.1, -0.05) is 6.07 Å². The Labute approximate surface area is 156 Å². The van der Waals surface area contributed by atoms with Crippen molar-refractivity contribution >= 4 is 35.1 Å². The summed E-state index contributed by atoms with van der Waals surface area (Å²) in [4.78, 5) is 51.2. The first-order valence-corrected chi connectivity index (χ1v) is 8.71. The summed E-state index contributed by atoms with van der Waals surface area (Å²) >= 11 is 0. The van der Waals surface area contributed by atoms with Crippen molar-refractivity contribution in [2.45, 2.75) is 46.1 Å². The lowest BCUT2D eigenvalue weighted by Crippen LogP contribution is -2.51. The van der Waals surface area contributed by atoms with Crippen molar-refractivity contribution < 1.29 is 23.9 Å². The van der Waals surface area contributed by atoms with Gasteiger partial charge in [-0.05, 0) is 44.0 Å². The number of anilines is 1. The topological polar surface area (TPSA) is 96.3 Å². The van der Waals surface area contributed by atoms with Gasteiger partial charge in [0.15, 0.2) is 5.54 Å². The van der Waals surface area contributed by atoms with Crippen LogP contribution in [0.3, 0.4) is 0 Å². The van der Waals surface area contributed by atoms with Crippen molar-refractivity contribution in [3.05, 3.63) is 29.3 Å². The van der Waals surface area contributed by atoms with Crippen LogP contribution in [0.1, 0.15) is 37.8 Å². The number of benzene rings is 1. The van der Waals surface area contributed by atoms with E-state index in [1.54, 1.807) is 19.1 Å². The molecular weight excluding hydrogens is 350 g/mol. The van der Waals surface area contributed by atoms with Gasteiger partial charge in [-0.25, -0.2) is 14.7 Å². The van der Waals surface area contributed by atoms with Crippen LogP contribution in [0, 0.1) is 13.8 Å². The van der Waals surface area contributed by atoms with E-state index in [1.807, 2.05) is 19.9 Å². The molecule has 0 saturated carbocycles. The van der Waals surface area contributed by atoms with Crippen molar-refractivity contribution in [3.8, 4) is 0 Å². The molecule has 1 unspecified atom stereocenters. The predicted octanol–water partition coefficient (Wildman–Crippen LogP) is 1.48. The number of ether oxygens (including phenoxy) is 1. The highest BCUT2D eigenvalue weighted by Crippen LogP contribution is 2.40. The van der Waals surface area contributed by atoms with Crippen molar-refractivity contribution in [1.82, 2.24) is 5.01 Å². The van der Waals surface area contributed by atoms with Gasteiger partial charge in [0.2, 0.25) is 11.8 Å². The fourth-order valence-corrected chi connectivity index (χ4v) is 3.46. The number of imide groups is 1. The number of aryl methyl sites for hydroxylation is 2. The maximum atomic E-state index is 13.3. The van der Waals surface area contributed by atoms with E-state index in [0.29, 0.717) is 5.69 Å². The summed E-state index contributed by atoms with van der Waals surface area (Å²) < 4.78 is 4.94. The van der Waals surface area contributed by atoms with Gasteiger partial charge in [0, 0.05) is 13.3 Å². The first-order chi connectivity index (χ1) is 12.7. The number of amides is 3. The largest absolute Gasteiger partial charge is 0.461 e. The van der Waals surface area contributed by atoms with E-state index in [0.717, 1.165) is 21.0 Å². The minimum absolute atomic E-state index is 0.0323. The Balaban J connectivity index is 2.00. The van der Waals surface area contributed by atoms with Crippen molar-refractivity contribution in [1.29, 1.82) is 0 Å². The molecule has 1 spiro atoms. The SMILES string of the molecule is CCOC(=O)C1=NN(C(C)=O)C2(CC(=O)N(c3ccc(C)c(C)c3)C2=O)C1. The van der Waals surface area contributed by atoms with Crippen molar-refractivity contribution in [3.63, 3.8) is 0 Å². The number of esters is 1. The predicted molar refractivity (Wildman–Crippen MR) is 97.0 cm³/mol. The highest BCUT2D eigenvalue weighted by atomic mass is 16.5. The molecule has 3 rings (SSSR count). The fourth-order valence-electron chi connectivity index (χ4n) is 3.46. The number of hydrogen-bond donors (Lipinski definition) is 0. The maximum absolute atomic E-state index is 13.3. The molecule has 0 aliphatic carbocycles. The van der Waals surface area contributed by atoms with Gasteiger partial charge >= 0.3 is 5.97 Å². The lowest BCUT2D eigenvalue weighted by atomic mass is 9.91. The maximum Gasteiger partial charge on any atom is 0.354 e. The molecule has 2 aliphatic rings. The fraction of sp³-hybridized carbons (Fsp3) is 0.421. The Morgan fingerprint density at radius 1 is 1.19 bits per heavy atom. The molecule has 2 heterocycles. The lowest BCUT2D eigenvalue weighted by Gasteiger charge is -2.29. The normalized spacial score (nSPS) is 21.9. The van der Waals surface area contributed by atoms with Gasteiger partial charge in [0.1, 0.15) is 5.71 Å². The molecule has 8 heteroatoms. The molecule has 142 valence electrons. The quantitative estimate of drug-likeness (QED) is 0.592. The van der Waals surface area contributed by atoms with E-state index in [2.05, 4.69) is 5.10 Å². The highest BCUT2D eigenvalue weighted by Gasteiger charge is 2.61. The molecule has 0 bridgehead atoms. The summed E-state index contributed by atoms with van der Waals surface area (Å²) in [6.07, 6.45) is -0.373. The summed E-state index contributed by atoms with van der Waals surface area (Å²) in [5.74, 6) is -2.20. The average molecular weight is 371 g/mol. The summed E-state index contributed by atoms with van der Waals surface area (Å²) in [6.45, 7) is 6.86. The smallest absolute Gasteiger partial charge is 0.354 e. The third-order valence-corrected chi connectivity index (χ3v) is 4.94. The molecule has 0 N–H and O–H groups in total. The van der Waals surface area contributed by atoms with E-state index in [-0.39, 0.29) is 25.2 Å². The van der Waals surface area contributed by atoms with Crippen LogP contribution in [-0.4, -0.2) is 46.6 Å².